The molecule has 5 aliphatic rings. The first-order chi connectivity index (χ1) is 10.3. The fraction of sp³-hybridized carbons (Fsp3) is 0.467. The highest BCUT2D eigenvalue weighted by molar-refractivity contribution is 8.15. The van der Waals surface area contributed by atoms with Crippen molar-refractivity contribution in [3.8, 4) is 0 Å². The van der Waals surface area contributed by atoms with Gasteiger partial charge < -0.3 is 4.90 Å². The van der Waals surface area contributed by atoms with Crippen LogP contribution in [0, 0.1) is 5.92 Å². The van der Waals surface area contributed by atoms with Gasteiger partial charge in [0.1, 0.15) is 6.04 Å². The second kappa shape index (κ2) is 4.36. The number of aliphatic imine (C=N–C) groups is 1. The summed E-state index contributed by atoms with van der Waals surface area (Å²) in [5.41, 5.74) is 2.57. The highest BCUT2D eigenvalue weighted by Crippen LogP contribution is 2.49. The predicted octanol–water partition coefficient (Wildman–Crippen LogP) is 2.67. The largest absolute Gasteiger partial charge is 0.371 e. The molecule has 4 nitrogen and oxygen atoms in total. The SMILES string of the molecule is O=C1CSC2=NC3=C([C@H](c4cccs4)N12)N1CCC3CC1. The zero-order chi connectivity index (χ0) is 14.0. The van der Waals surface area contributed by atoms with Crippen molar-refractivity contribution in [2.24, 2.45) is 10.9 Å². The van der Waals surface area contributed by atoms with Crippen LogP contribution in [0.4, 0.5) is 0 Å². The summed E-state index contributed by atoms with van der Waals surface area (Å²) >= 11 is 3.34. The predicted molar refractivity (Wildman–Crippen MR) is 85.1 cm³/mol. The Kier molecular flexibility index (Phi) is 2.55. The van der Waals surface area contributed by atoms with E-state index in [1.54, 1.807) is 23.1 Å². The third-order valence-corrected chi connectivity index (χ3v) is 6.69. The lowest BCUT2D eigenvalue weighted by Crippen LogP contribution is -2.49. The summed E-state index contributed by atoms with van der Waals surface area (Å²) in [4.78, 5) is 22.9. The highest BCUT2D eigenvalue weighted by Gasteiger charge is 2.47. The summed E-state index contributed by atoms with van der Waals surface area (Å²) in [6, 6.07) is 4.30. The van der Waals surface area contributed by atoms with Crippen LogP contribution in [0.5, 0.6) is 0 Å². The number of hydrogen-bond acceptors (Lipinski definition) is 5. The first kappa shape index (κ1) is 12.3. The molecule has 1 aromatic rings. The molecule has 108 valence electrons. The van der Waals surface area contributed by atoms with E-state index in [-0.39, 0.29) is 11.9 Å². The maximum absolute atomic E-state index is 12.4. The molecule has 1 aromatic heterocycles. The molecule has 1 atom stereocenters. The quantitative estimate of drug-likeness (QED) is 0.799. The zero-order valence-electron chi connectivity index (χ0n) is 11.5. The van der Waals surface area contributed by atoms with E-state index in [0.29, 0.717) is 11.7 Å². The Morgan fingerprint density at radius 3 is 2.90 bits per heavy atom. The van der Waals surface area contributed by atoms with Gasteiger partial charge in [-0.2, -0.15) is 0 Å². The molecular weight excluding hydrogens is 302 g/mol. The average Bonchev–Trinajstić information content (AvgIpc) is 3.17. The Bertz CT molecular complexity index is 671. The number of amidine groups is 1. The molecule has 6 heterocycles. The third kappa shape index (κ3) is 1.63. The molecule has 6 rings (SSSR count). The first-order valence-corrected chi connectivity index (χ1v) is 9.25. The summed E-state index contributed by atoms with van der Waals surface area (Å²) in [6.07, 6.45) is 2.43. The minimum Gasteiger partial charge on any atom is -0.371 e. The van der Waals surface area contributed by atoms with Crippen molar-refractivity contribution in [2.45, 2.75) is 18.9 Å². The molecule has 21 heavy (non-hydrogen) atoms. The molecule has 0 saturated carbocycles. The Morgan fingerprint density at radius 1 is 1.29 bits per heavy atom. The molecule has 2 saturated heterocycles. The third-order valence-electron chi connectivity index (χ3n) is 4.83. The van der Waals surface area contributed by atoms with Crippen molar-refractivity contribution >= 4 is 34.2 Å². The van der Waals surface area contributed by atoms with Gasteiger partial charge in [-0.05, 0) is 24.3 Å². The lowest BCUT2D eigenvalue weighted by molar-refractivity contribution is -0.125. The molecule has 0 unspecified atom stereocenters. The van der Waals surface area contributed by atoms with Gasteiger partial charge in [-0.15, -0.1) is 11.3 Å². The second-order valence-corrected chi connectivity index (χ2v) is 7.82. The van der Waals surface area contributed by atoms with Gasteiger partial charge >= 0.3 is 0 Å². The van der Waals surface area contributed by atoms with Crippen LogP contribution >= 0.6 is 23.1 Å². The number of allylic oxidation sites excluding steroid dienone is 1. The van der Waals surface area contributed by atoms with Gasteiger partial charge in [0.15, 0.2) is 5.17 Å². The van der Waals surface area contributed by atoms with E-state index in [9.17, 15) is 4.79 Å². The number of carbonyl (C=O) groups excluding carboxylic acids is 1. The summed E-state index contributed by atoms with van der Waals surface area (Å²) in [7, 11) is 0. The molecule has 0 aliphatic carbocycles. The van der Waals surface area contributed by atoms with Crippen molar-refractivity contribution in [2.75, 3.05) is 18.8 Å². The fourth-order valence-electron chi connectivity index (χ4n) is 3.87. The van der Waals surface area contributed by atoms with Gasteiger partial charge in [0.05, 0.1) is 17.1 Å². The summed E-state index contributed by atoms with van der Waals surface area (Å²) < 4.78 is 0. The van der Waals surface area contributed by atoms with Crippen LogP contribution in [0.3, 0.4) is 0 Å². The topological polar surface area (TPSA) is 35.9 Å². The van der Waals surface area contributed by atoms with Crippen LogP contribution in [0.1, 0.15) is 23.8 Å². The summed E-state index contributed by atoms with van der Waals surface area (Å²) in [6.45, 7) is 2.23. The molecule has 0 spiro atoms. The van der Waals surface area contributed by atoms with E-state index in [1.807, 2.05) is 4.90 Å². The van der Waals surface area contributed by atoms with E-state index in [2.05, 4.69) is 22.4 Å². The normalized spacial score (nSPS) is 28.1. The molecular formula is C15H15N3OS2. The highest BCUT2D eigenvalue weighted by atomic mass is 32.2. The first-order valence-electron chi connectivity index (χ1n) is 7.39. The monoisotopic (exact) mass is 317 g/mol. The lowest BCUT2D eigenvalue weighted by atomic mass is 9.84. The molecule has 0 radical (unpaired) electrons. The van der Waals surface area contributed by atoms with Crippen molar-refractivity contribution in [3.63, 3.8) is 0 Å². The van der Waals surface area contributed by atoms with Gasteiger partial charge in [0, 0.05) is 23.9 Å². The maximum atomic E-state index is 12.4. The van der Waals surface area contributed by atoms with Crippen molar-refractivity contribution < 1.29 is 4.79 Å². The number of carbonyl (C=O) groups is 1. The number of rotatable bonds is 1. The van der Waals surface area contributed by atoms with Gasteiger partial charge in [-0.3, -0.25) is 9.69 Å². The van der Waals surface area contributed by atoms with E-state index in [1.165, 1.54) is 29.1 Å². The number of thiophene rings is 1. The zero-order valence-corrected chi connectivity index (χ0v) is 13.1. The Balaban J connectivity index is 1.72. The standard InChI is InChI=1S/C15H15N3OS2/c19-11-8-21-15-16-12-9-3-5-17(6-4-9)14(12)13(18(11)15)10-2-1-7-20-10/h1-2,7,9,13H,3-6,8H2/t13-/m0/s1. The van der Waals surface area contributed by atoms with E-state index >= 15 is 0 Å². The van der Waals surface area contributed by atoms with Crippen LogP contribution in [-0.2, 0) is 4.79 Å². The molecule has 5 aliphatic heterocycles. The van der Waals surface area contributed by atoms with E-state index in [4.69, 9.17) is 4.99 Å². The number of amides is 1. The lowest BCUT2D eigenvalue weighted by Gasteiger charge is -2.48. The van der Waals surface area contributed by atoms with Gasteiger partial charge in [0.2, 0.25) is 5.91 Å². The Labute approximate surface area is 131 Å². The van der Waals surface area contributed by atoms with Crippen molar-refractivity contribution in [3.05, 3.63) is 33.8 Å². The minimum absolute atomic E-state index is 0.0677. The van der Waals surface area contributed by atoms with Crippen LogP contribution in [-0.4, -0.2) is 39.7 Å². The fourth-order valence-corrected chi connectivity index (χ4v) is 5.59. The Morgan fingerprint density at radius 2 is 2.14 bits per heavy atom. The van der Waals surface area contributed by atoms with Gasteiger partial charge in [0.25, 0.3) is 0 Å². The molecule has 2 fully saturated rings. The van der Waals surface area contributed by atoms with E-state index < -0.39 is 0 Å². The number of hydrogen-bond donors (Lipinski definition) is 0. The van der Waals surface area contributed by atoms with Crippen molar-refractivity contribution in [1.82, 2.24) is 9.80 Å². The van der Waals surface area contributed by atoms with Crippen LogP contribution in [0.25, 0.3) is 0 Å². The smallest absolute Gasteiger partial charge is 0.239 e. The summed E-state index contributed by atoms with van der Waals surface area (Å²) in [5, 5.41) is 3.02. The summed E-state index contributed by atoms with van der Waals surface area (Å²) in [5.74, 6) is 1.33. The van der Waals surface area contributed by atoms with Gasteiger partial charge in [-0.25, -0.2) is 4.99 Å². The molecule has 2 bridgehead atoms. The Hall–Kier alpha value is -1.27. The number of piperidine rings is 1. The van der Waals surface area contributed by atoms with Crippen LogP contribution in [0.15, 0.2) is 33.9 Å². The molecule has 0 N–H and O–H groups in total. The van der Waals surface area contributed by atoms with Crippen LogP contribution < -0.4 is 0 Å². The number of fused-ring (bicyclic) bond motifs is 3. The average molecular weight is 317 g/mol. The number of nitrogens with zero attached hydrogens (tertiary/aromatic N) is 3. The van der Waals surface area contributed by atoms with Crippen LogP contribution in [0.2, 0.25) is 0 Å². The van der Waals surface area contributed by atoms with Gasteiger partial charge in [-0.1, -0.05) is 17.8 Å². The van der Waals surface area contributed by atoms with Crippen molar-refractivity contribution in [1.29, 1.82) is 0 Å². The maximum Gasteiger partial charge on any atom is 0.239 e. The second-order valence-electron chi connectivity index (χ2n) is 5.90. The minimum atomic E-state index is 0.0677. The molecule has 6 heteroatoms. The molecule has 1 amide bonds. The number of thioether (sulfide) groups is 1. The van der Waals surface area contributed by atoms with E-state index in [0.717, 1.165) is 18.3 Å². The molecule has 0 aromatic carbocycles.